The third kappa shape index (κ3) is 4.83. The molecule has 178 valence electrons. The Morgan fingerprint density at radius 1 is 1.21 bits per heavy atom. The van der Waals surface area contributed by atoms with E-state index >= 15 is 0 Å². The van der Waals surface area contributed by atoms with Crippen molar-refractivity contribution in [3.05, 3.63) is 58.1 Å². The number of aromatic nitrogens is 1. The van der Waals surface area contributed by atoms with E-state index in [0.29, 0.717) is 12.6 Å². The molecule has 0 aliphatic carbocycles. The van der Waals surface area contributed by atoms with Gasteiger partial charge in [0, 0.05) is 29.9 Å². The van der Waals surface area contributed by atoms with E-state index in [0.717, 1.165) is 51.9 Å². The first kappa shape index (κ1) is 23.3. The molecule has 34 heavy (non-hydrogen) atoms. The average Bonchev–Trinajstić information content (AvgIpc) is 3.61. The van der Waals surface area contributed by atoms with Gasteiger partial charge < -0.3 is 4.42 Å². The van der Waals surface area contributed by atoms with Crippen LogP contribution < -0.4 is 4.90 Å². The van der Waals surface area contributed by atoms with Crippen molar-refractivity contribution in [3.8, 4) is 11.5 Å². The Morgan fingerprint density at radius 2 is 2.06 bits per heavy atom. The van der Waals surface area contributed by atoms with E-state index < -0.39 is 0 Å². The van der Waals surface area contributed by atoms with Crippen LogP contribution in [0, 0.1) is 5.41 Å². The average molecular weight is 494 g/mol. The van der Waals surface area contributed by atoms with Crippen LogP contribution in [0.25, 0.3) is 22.4 Å². The number of thiazole rings is 1. The largest absolute Gasteiger partial charge is 0.454 e. The molecule has 1 saturated heterocycles. The number of benzene rings is 1. The molecule has 1 aliphatic heterocycles. The summed E-state index contributed by atoms with van der Waals surface area (Å²) in [4.78, 5) is 23.4. The van der Waals surface area contributed by atoms with Crippen LogP contribution in [0.3, 0.4) is 0 Å². The van der Waals surface area contributed by atoms with Crippen molar-refractivity contribution < 1.29 is 9.21 Å². The van der Waals surface area contributed by atoms with Crippen LogP contribution in [0.5, 0.6) is 0 Å². The molecule has 5 nitrogen and oxygen atoms in total. The van der Waals surface area contributed by atoms with Crippen molar-refractivity contribution in [2.24, 2.45) is 5.41 Å². The summed E-state index contributed by atoms with van der Waals surface area (Å²) in [7, 11) is 0. The number of fused-ring (bicyclic) bond motifs is 1. The summed E-state index contributed by atoms with van der Waals surface area (Å²) in [6.07, 6.45) is 3.44. The van der Waals surface area contributed by atoms with Gasteiger partial charge in [-0.1, -0.05) is 45.0 Å². The van der Waals surface area contributed by atoms with Gasteiger partial charge in [-0.05, 0) is 54.8 Å². The maximum Gasteiger partial charge on any atom is 0.270 e. The maximum atomic E-state index is 13.4. The van der Waals surface area contributed by atoms with E-state index in [1.807, 2.05) is 58.1 Å². The number of thiophene rings is 1. The van der Waals surface area contributed by atoms with E-state index in [4.69, 9.17) is 9.40 Å². The van der Waals surface area contributed by atoms with Crippen molar-refractivity contribution in [1.82, 2.24) is 9.88 Å². The molecule has 4 aromatic rings. The van der Waals surface area contributed by atoms with Gasteiger partial charge in [-0.2, -0.15) is 0 Å². The molecule has 0 unspecified atom stereocenters. The smallest absolute Gasteiger partial charge is 0.270 e. The Bertz CT molecular complexity index is 1220. The molecule has 7 heteroatoms. The van der Waals surface area contributed by atoms with Crippen molar-refractivity contribution in [1.29, 1.82) is 0 Å². The highest BCUT2D eigenvalue weighted by atomic mass is 32.1. The number of hydrogen-bond acceptors (Lipinski definition) is 6. The molecule has 0 saturated carbocycles. The molecule has 1 fully saturated rings. The van der Waals surface area contributed by atoms with Gasteiger partial charge in [0.25, 0.3) is 5.91 Å². The number of carbonyl (C=O) groups excluding carboxylic acids is 1. The molecule has 1 atom stereocenters. The molecule has 5 rings (SSSR count). The number of rotatable bonds is 7. The lowest BCUT2D eigenvalue weighted by atomic mass is 9.85. The third-order valence-electron chi connectivity index (χ3n) is 6.57. The monoisotopic (exact) mass is 493 g/mol. The Balaban J connectivity index is 1.35. The number of furan rings is 1. The molecule has 0 bridgehead atoms. The van der Waals surface area contributed by atoms with Crippen LogP contribution in [0.1, 0.15) is 49.7 Å². The minimum absolute atomic E-state index is 0.0225. The Hall–Kier alpha value is -2.48. The molecular weight excluding hydrogens is 462 g/mol. The molecular formula is C27H31N3O2S2. The predicted molar refractivity (Wildman–Crippen MR) is 142 cm³/mol. The summed E-state index contributed by atoms with van der Waals surface area (Å²) in [5.74, 6) is 0.756. The number of hydrogen-bond donors (Lipinski definition) is 0. The minimum Gasteiger partial charge on any atom is -0.454 e. The number of amides is 1. The second-order valence-electron chi connectivity index (χ2n) is 10.0. The van der Waals surface area contributed by atoms with E-state index in [1.54, 1.807) is 0 Å². The van der Waals surface area contributed by atoms with E-state index in [2.05, 4.69) is 25.7 Å². The Kier molecular flexibility index (Phi) is 6.60. The third-order valence-corrected chi connectivity index (χ3v) is 8.29. The van der Waals surface area contributed by atoms with Gasteiger partial charge in [0.15, 0.2) is 10.9 Å². The highest BCUT2D eigenvalue weighted by molar-refractivity contribution is 7.14. The molecule has 1 aliphatic rings. The number of likely N-dealkylation sites (tertiary alicyclic amines) is 1. The molecule has 4 heterocycles. The van der Waals surface area contributed by atoms with E-state index in [9.17, 15) is 4.79 Å². The highest BCUT2D eigenvalue weighted by Crippen LogP contribution is 2.34. The Labute approximate surface area is 209 Å². The van der Waals surface area contributed by atoms with Crippen LogP contribution in [0.2, 0.25) is 0 Å². The van der Waals surface area contributed by atoms with Gasteiger partial charge in [-0.25, -0.2) is 4.98 Å². The summed E-state index contributed by atoms with van der Waals surface area (Å²) in [6.45, 7) is 9.79. The fraction of sp³-hybridized carbons (Fsp3) is 0.407. The fourth-order valence-electron chi connectivity index (χ4n) is 4.93. The van der Waals surface area contributed by atoms with Gasteiger partial charge in [0.05, 0.1) is 4.88 Å². The summed E-state index contributed by atoms with van der Waals surface area (Å²) in [6, 6.07) is 14.4. The van der Waals surface area contributed by atoms with Crippen LogP contribution in [-0.4, -0.2) is 41.5 Å². The maximum absolute atomic E-state index is 13.4. The zero-order valence-corrected chi connectivity index (χ0v) is 21.6. The first-order chi connectivity index (χ1) is 16.4. The first-order valence-electron chi connectivity index (χ1n) is 11.9. The van der Waals surface area contributed by atoms with Gasteiger partial charge in [-0.15, -0.1) is 22.7 Å². The molecule has 1 aromatic carbocycles. The standard InChI is InChI=1S/C27H31N3O2S2/c1-27(2,3)24-12-6-13-29(24)14-8-15-30(25(31)23-11-7-16-33-23)26-28-20(18-34-26)22-17-19-9-4-5-10-21(19)32-22/h4-5,7,9-11,16-18,24H,6,8,12-15H2,1-3H3/t24-/m0/s1. The topological polar surface area (TPSA) is 49.6 Å². The van der Waals surface area contributed by atoms with Gasteiger partial charge in [-0.3, -0.25) is 14.6 Å². The molecule has 1 amide bonds. The van der Waals surface area contributed by atoms with Crippen molar-refractivity contribution in [2.75, 3.05) is 24.5 Å². The van der Waals surface area contributed by atoms with E-state index in [-0.39, 0.29) is 11.3 Å². The number of para-hydroxylation sites is 1. The fourth-order valence-corrected chi connectivity index (χ4v) is 6.44. The summed E-state index contributed by atoms with van der Waals surface area (Å²) < 4.78 is 6.01. The zero-order chi connectivity index (χ0) is 23.7. The van der Waals surface area contributed by atoms with Crippen LogP contribution in [0.15, 0.2) is 57.6 Å². The molecule has 0 spiro atoms. The van der Waals surface area contributed by atoms with Crippen molar-refractivity contribution in [3.63, 3.8) is 0 Å². The van der Waals surface area contributed by atoms with Gasteiger partial charge >= 0.3 is 0 Å². The van der Waals surface area contributed by atoms with Crippen LogP contribution in [-0.2, 0) is 0 Å². The summed E-state index contributed by atoms with van der Waals surface area (Å²) in [5.41, 5.74) is 1.89. The van der Waals surface area contributed by atoms with Gasteiger partial charge in [0.1, 0.15) is 11.3 Å². The second-order valence-corrected chi connectivity index (χ2v) is 11.8. The number of anilines is 1. The predicted octanol–water partition coefficient (Wildman–Crippen LogP) is 7.17. The van der Waals surface area contributed by atoms with Crippen LogP contribution in [0.4, 0.5) is 5.13 Å². The molecule has 0 N–H and O–H groups in total. The van der Waals surface area contributed by atoms with Crippen molar-refractivity contribution in [2.45, 2.75) is 46.1 Å². The lowest BCUT2D eigenvalue weighted by Crippen LogP contribution is -2.41. The van der Waals surface area contributed by atoms with Crippen LogP contribution >= 0.6 is 22.7 Å². The summed E-state index contributed by atoms with van der Waals surface area (Å²) >= 11 is 2.98. The van der Waals surface area contributed by atoms with Gasteiger partial charge in [0.2, 0.25) is 0 Å². The first-order valence-corrected chi connectivity index (χ1v) is 13.7. The minimum atomic E-state index is 0.0225. The highest BCUT2D eigenvalue weighted by Gasteiger charge is 2.33. The molecule has 0 radical (unpaired) electrons. The lowest BCUT2D eigenvalue weighted by molar-refractivity contribution is 0.0986. The quantitative estimate of drug-likeness (QED) is 0.274. The molecule has 3 aromatic heterocycles. The second kappa shape index (κ2) is 9.64. The Morgan fingerprint density at radius 3 is 2.82 bits per heavy atom. The zero-order valence-electron chi connectivity index (χ0n) is 20.0. The van der Waals surface area contributed by atoms with E-state index in [1.165, 1.54) is 35.5 Å². The number of nitrogens with zero attached hydrogens (tertiary/aromatic N) is 3. The van der Waals surface area contributed by atoms with Crippen molar-refractivity contribution >= 4 is 44.7 Å². The normalized spacial score (nSPS) is 17.0. The SMILES string of the molecule is CC(C)(C)[C@@H]1CCCN1CCCN(C(=O)c1cccs1)c1nc(-c2cc3ccccc3o2)cs1. The summed E-state index contributed by atoms with van der Waals surface area (Å²) in [5, 5.41) is 5.71. The number of carbonyl (C=O) groups is 1. The lowest BCUT2D eigenvalue weighted by Gasteiger charge is -2.35.